The summed E-state index contributed by atoms with van der Waals surface area (Å²) in [5, 5.41) is 3.02. The zero-order chi connectivity index (χ0) is 25.9. The first-order valence-electron chi connectivity index (χ1n) is 12.1. The number of benzene rings is 3. The highest BCUT2D eigenvalue weighted by Gasteiger charge is 2.31. The molecule has 0 bridgehead atoms. The Morgan fingerprint density at radius 2 is 1.58 bits per heavy atom. The molecule has 0 heterocycles. The Kier molecular flexibility index (Phi) is 10.5. The van der Waals surface area contributed by atoms with Gasteiger partial charge in [0.2, 0.25) is 11.8 Å². The van der Waals surface area contributed by atoms with E-state index in [0.29, 0.717) is 17.7 Å². The van der Waals surface area contributed by atoms with Crippen molar-refractivity contribution in [2.24, 2.45) is 0 Å². The average molecular weight is 511 g/mol. The number of hydrogen-bond acceptors (Lipinski definition) is 3. The summed E-state index contributed by atoms with van der Waals surface area (Å²) in [7, 11) is 0. The smallest absolute Gasteiger partial charge is 0.243 e. The molecule has 0 aromatic heterocycles. The van der Waals surface area contributed by atoms with Crippen LogP contribution in [0.4, 0.5) is 8.78 Å². The topological polar surface area (TPSA) is 49.4 Å². The standard InChI is InChI=1S/C29H32F2N2O2S/c1-3-21(2)32-29(35)27(17-22-9-5-4-6-10-22)33(18-23-13-15-25(30)16-14-23)28(34)20-36-19-24-11-7-8-12-26(24)31/h4-16,21,27H,3,17-20H2,1-2H3,(H,32,35)/t21-,27+/m1/s1. The molecule has 0 saturated carbocycles. The summed E-state index contributed by atoms with van der Waals surface area (Å²) in [6, 6.07) is 21.2. The van der Waals surface area contributed by atoms with Crippen molar-refractivity contribution in [2.45, 2.75) is 51.1 Å². The van der Waals surface area contributed by atoms with E-state index in [1.165, 1.54) is 30.0 Å². The molecule has 3 rings (SSSR count). The first kappa shape index (κ1) is 27.4. The second-order valence-corrected chi connectivity index (χ2v) is 9.74. The van der Waals surface area contributed by atoms with Gasteiger partial charge in [0.15, 0.2) is 0 Å². The van der Waals surface area contributed by atoms with Gasteiger partial charge in [0.25, 0.3) is 0 Å². The number of amides is 2. The number of rotatable bonds is 12. The fraction of sp³-hybridized carbons (Fsp3) is 0.310. The lowest BCUT2D eigenvalue weighted by atomic mass is 10.0. The Morgan fingerprint density at radius 1 is 0.917 bits per heavy atom. The lowest BCUT2D eigenvalue weighted by molar-refractivity contribution is -0.139. The van der Waals surface area contributed by atoms with Crippen LogP contribution >= 0.6 is 11.8 Å². The molecule has 0 saturated heterocycles. The summed E-state index contributed by atoms with van der Waals surface area (Å²) < 4.78 is 27.6. The van der Waals surface area contributed by atoms with Crippen LogP contribution in [0.3, 0.4) is 0 Å². The third-order valence-corrected chi connectivity index (χ3v) is 6.95. The van der Waals surface area contributed by atoms with Gasteiger partial charge in [-0.2, -0.15) is 0 Å². The molecule has 0 aliphatic heterocycles. The average Bonchev–Trinajstić information content (AvgIpc) is 2.88. The SMILES string of the molecule is CC[C@@H](C)NC(=O)[C@H](Cc1ccccc1)N(Cc1ccc(F)cc1)C(=O)CSCc1ccccc1F. The first-order chi connectivity index (χ1) is 17.4. The molecule has 2 amide bonds. The normalized spacial score (nSPS) is 12.6. The summed E-state index contributed by atoms with van der Waals surface area (Å²) in [4.78, 5) is 28.5. The molecule has 2 atom stereocenters. The minimum absolute atomic E-state index is 0.0472. The van der Waals surface area contributed by atoms with E-state index in [4.69, 9.17) is 0 Å². The van der Waals surface area contributed by atoms with Crippen LogP contribution in [-0.2, 0) is 28.3 Å². The molecule has 0 radical (unpaired) electrons. The molecule has 0 aliphatic carbocycles. The Morgan fingerprint density at radius 3 is 2.25 bits per heavy atom. The van der Waals surface area contributed by atoms with Crippen LogP contribution in [0.15, 0.2) is 78.9 Å². The van der Waals surface area contributed by atoms with Crippen molar-refractivity contribution < 1.29 is 18.4 Å². The van der Waals surface area contributed by atoms with Gasteiger partial charge in [0.1, 0.15) is 17.7 Å². The third kappa shape index (κ3) is 8.19. The monoisotopic (exact) mass is 510 g/mol. The van der Waals surface area contributed by atoms with Gasteiger partial charge in [-0.1, -0.05) is 67.6 Å². The molecule has 0 unspecified atom stereocenters. The van der Waals surface area contributed by atoms with Gasteiger partial charge in [-0.15, -0.1) is 11.8 Å². The quantitative estimate of drug-likeness (QED) is 0.337. The zero-order valence-corrected chi connectivity index (χ0v) is 21.4. The minimum atomic E-state index is -0.756. The van der Waals surface area contributed by atoms with Crippen molar-refractivity contribution in [3.63, 3.8) is 0 Å². The molecular formula is C29H32F2N2O2S. The van der Waals surface area contributed by atoms with E-state index < -0.39 is 6.04 Å². The Bertz CT molecular complexity index is 1130. The van der Waals surface area contributed by atoms with Crippen LogP contribution in [-0.4, -0.2) is 34.6 Å². The summed E-state index contributed by atoms with van der Waals surface area (Å²) in [6.07, 6.45) is 1.10. The largest absolute Gasteiger partial charge is 0.352 e. The number of hydrogen-bond donors (Lipinski definition) is 1. The van der Waals surface area contributed by atoms with Gasteiger partial charge in [-0.05, 0) is 48.2 Å². The fourth-order valence-electron chi connectivity index (χ4n) is 3.73. The van der Waals surface area contributed by atoms with Crippen molar-refractivity contribution in [1.82, 2.24) is 10.2 Å². The van der Waals surface area contributed by atoms with Gasteiger partial charge in [-0.3, -0.25) is 9.59 Å². The molecule has 1 N–H and O–H groups in total. The van der Waals surface area contributed by atoms with E-state index in [2.05, 4.69) is 5.32 Å². The van der Waals surface area contributed by atoms with Gasteiger partial charge in [0.05, 0.1) is 5.75 Å². The molecule has 3 aromatic carbocycles. The molecule has 0 fully saturated rings. The Hall–Kier alpha value is -3.19. The molecular weight excluding hydrogens is 478 g/mol. The highest BCUT2D eigenvalue weighted by Crippen LogP contribution is 2.20. The van der Waals surface area contributed by atoms with Crippen LogP contribution < -0.4 is 5.32 Å². The maximum atomic E-state index is 14.0. The van der Waals surface area contributed by atoms with Crippen LogP contribution in [0.1, 0.15) is 37.0 Å². The summed E-state index contributed by atoms with van der Waals surface area (Å²) in [6.45, 7) is 4.07. The number of nitrogens with zero attached hydrogens (tertiary/aromatic N) is 1. The lowest BCUT2D eigenvalue weighted by Crippen LogP contribution is -2.52. The summed E-state index contributed by atoms with van der Waals surface area (Å²) >= 11 is 1.30. The predicted octanol–water partition coefficient (Wildman–Crippen LogP) is 5.75. The second-order valence-electron chi connectivity index (χ2n) is 8.76. The molecule has 36 heavy (non-hydrogen) atoms. The van der Waals surface area contributed by atoms with E-state index in [0.717, 1.165) is 17.5 Å². The zero-order valence-electron chi connectivity index (χ0n) is 20.6. The van der Waals surface area contributed by atoms with Gasteiger partial charge < -0.3 is 10.2 Å². The maximum absolute atomic E-state index is 14.0. The second kappa shape index (κ2) is 13.8. The molecule has 0 aliphatic rings. The number of carbonyl (C=O) groups is 2. The van der Waals surface area contributed by atoms with Gasteiger partial charge in [-0.25, -0.2) is 8.78 Å². The molecule has 0 spiro atoms. The fourth-order valence-corrected chi connectivity index (χ4v) is 4.62. The van der Waals surface area contributed by atoms with E-state index in [-0.39, 0.29) is 41.8 Å². The van der Waals surface area contributed by atoms with E-state index in [9.17, 15) is 18.4 Å². The predicted molar refractivity (Wildman–Crippen MR) is 141 cm³/mol. The summed E-state index contributed by atoms with van der Waals surface area (Å²) in [5.41, 5.74) is 2.17. The highest BCUT2D eigenvalue weighted by atomic mass is 32.2. The van der Waals surface area contributed by atoms with Crippen molar-refractivity contribution in [3.8, 4) is 0 Å². The van der Waals surface area contributed by atoms with Crippen molar-refractivity contribution >= 4 is 23.6 Å². The maximum Gasteiger partial charge on any atom is 0.243 e. The highest BCUT2D eigenvalue weighted by molar-refractivity contribution is 7.99. The lowest BCUT2D eigenvalue weighted by Gasteiger charge is -2.32. The van der Waals surface area contributed by atoms with Crippen LogP contribution in [0, 0.1) is 11.6 Å². The number of thioether (sulfide) groups is 1. The van der Waals surface area contributed by atoms with Gasteiger partial charge >= 0.3 is 0 Å². The molecule has 3 aromatic rings. The number of nitrogens with one attached hydrogen (secondary N) is 1. The third-order valence-electron chi connectivity index (χ3n) is 5.98. The van der Waals surface area contributed by atoms with Gasteiger partial charge in [0, 0.05) is 24.8 Å². The van der Waals surface area contributed by atoms with E-state index in [1.807, 2.05) is 44.2 Å². The summed E-state index contributed by atoms with van der Waals surface area (Å²) in [5.74, 6) is -0.727. The number of halogens is 2. The molecule has 7 heteroatoms. The first-order valence-corrected chi connectivity index (χ1v) is 13.2. The number of carbonyl (C=O) groups excluding carboxylic acids is 2. The van der Waals surface area contributed by atoms with Crippen LogP contribution in [0.25, 0.3) is 0 Å². The molecule has 4 nitrogen and oxygen atoms in total. The Labute approximate surface area is 216 Å². The molecule has 190 valence electrons. The van der Waals surface area contributed by atoms with Crippen molar-refractivity contribution in [1.29, 1.82) is 0 Å². The van der Waals surface area contributed by atoms with Crippen LogP contribution in [0.2, 0.25) is 0 Å². The van der Waals surface area contributed by atoms with Crippen molar-refractivity contribution in [2.75, 3.05) is 5.75 Å². The van der Waals surface area contributed by atoms with E-state index >= 15 is 0 Å². The minimum Gasteiger partial charge on any atom is -0.352 e. The van der Waals surface area contributed by atoms with E-state index in [1.54, 1.807) is 35.2 Å². The van der Waals surface area contributed by atoms with Crippen LogP contribution in [0.5, 0.6) is 0 Å². The Balaban J connectivity index is 1.85. The van der Waals surface area contributed by atoms with Crippen molar-refractivity contribution in [3.05, 3.63) is 107 Å².